The van der Waals surface area contributed by atoms with Gasteiger partial charge >= 0.3 is 99.2 Å². The van der Waals surface area contributed by atoms with E-state index in [2.05, 4.69) is 6.92 Å². The van der Waals surface area contributed by atoms with Gasteiger partial charge in [-0.2, -0.15) is 0 Å². The van der Waals surface area contributed by atoms with Crippen molar-refractivity contribution in [1.82, 2.24) is 0 Å². The van der Waals surface area contributed by atoms with E-state index in [-0.39, 0.29) is 18.3 Å². The molecule has 0 fully saturated rings. The second-order valence-electron chi connectivity index (χ2n) is 4.54. The van der Waals surface area contributed by atoms with Crippen molar-refractivity contribution in [3.8, 4) is 0 Å². The summed E-state index contributed by atoms with van der Waals surface area (Å²) >= 11 is -3.01. The second-order valence-corrected chi connectivity index (χ2v) is 8.88. The predicted octanol–water partition coefficient (Wildman–Crippen LogP) is 3.60. The zero-order valence-electron chi connectivity index (χ0n) is 11.2. The molecule has 4 heteroatoms. The molecule has 0 bridgehead atoms. The SMILES string of the molecule is C[CH2][Ti]([O]C(C)C)([O]C(C)C)[O]C(C)C. The summed E-state index contributed by atoms with van der Waals surface area (Å²) in [4.78, 5) is 0. The Labute approximate surface area is 99.3 Å². The van der Waals surface area contributed by atoms with Crippen molar-refractivity contribution in [1.29, 1.82) is 0 Å². The minimum atomic E-state index is -3.01. The minimum absolute atomic E-state index is 0.169. The third-order valence-corrected chi connectivity index (χ3v) is 6.92. The van der Waals surface area contributed by atoms with Gasteiger partial charge in [0.25, 0.3) is 0 Å². The van der Waals surface area contributed by atoms with Crippen LogP contribution in [-0.2, 0) is 27.7 Å². The van der Waals surface area contributed by atoms with Crippen molar-refractivity contribution in [3.05, 3.63) is 0 Å². The first-order chi connectivity index (χ1) is 6.81. The van der Waals surface area contributed by atoms with Crippen LogP contribution < -0.4 is 0 Å². The van der Waals surface area contributed by atoms with Crippen molar-refractivity contribution < 1.29 is 27.7 Å². The molecule has 0 aliphatic carbocycles. The maximum atomic E-state index is 5.95. The van der Waals surface area contributed by atoms with Crippen LogP contribution in [0.15, 0.2) is 0 Å². The molecular weight excluding hydrogens is 228 g/mol. The van der Waals surface area contributed by atoms with Crippen LogP contribution in [0, 0.1) is 0 Å². The Hall–Kier alpha value is 0.594. The molecule has 0 aromatic carbocycles. The summed E-state index contributed by atoms with van der Waals surface area (Å²) in [5.41, 5.74) is 0. The van der Waals surface area contributed by atoms with Gasteiger partial charge < -0.3 is 0 Å². The maximum absolute atomic E-state index is 5.95. The third kappa shape index (κ3) is 6.70. The van der Waals surface area contributed by atoms with Gasteiger partial charge in [-0.1, -0.05) is 0 Å². The summed E-state index contributed by atoms with van der Waals surface area (Å²) in [6.07, 6.45) is 0.507. The fourth-order valence-corrected chi connectivity index (χ4v) is 5.82. The van der Waals surface area contributed by atoms with Crippen LogP contribution in [-0.4, -0.2) is 18.3 Å². The van der Waals surface area contributed by atoms with Gasteiger partial charge in [-0.15, -0.1) is 0 Å². The molecule has 0 saturated carbocycles. The molecule has 0 atom stereocenters. The standard InChI is InChI=1S/3C3H7O.C2H5.Ti/c3*1-3(2)4;1-2;/h3*3H,1-2H3;1H2,2H3;/q3*-1;;+3. The van der Waals surface area contributed by atoms with Crippen LogP contribution in [0.2, 0.25) is 4.73 Å². The van der Waals surface area contributed by atoms with Gasteiger partial charge in [0.15, 0.2) is 0 Å². The molecule has 0 aromatic heterocycles. The average molecular weight is 254 g/mol. The Bertz CT molecular complexity index is 143. The molecule has 0 aliphatic rings. The van der Waals surface area contributed by atoms with Crippen LogP contribution in [0.4, 0.5) is 0 Å². The van der Waals surface area contributed by atoms with Crippen molar-refractivity contribution in [2.75, 3.05) is 0 Å². The zero-order chi connectivity index (χ0) is 12.1. The van der Waals surface area contributed by atoms with Gasteiger partial charge in [-0.3, -0.25) is 0 Å². The quantitative estimate of drug-likeness (QED) is 0.650. The molecule has 0 spiro atoms. The normalized spacial score (nSPS) is 13.2. The van der Waals surface area contributed by atoms with Crippen molar-refractivity contribution in [2.24, 2.45) is 0 Å². The van der Waals surface area contributed by atoms with Crippen LogP contribution in [0.25, 0.3) is 0 Å². The first-order valence-electron chi connectivity index (χ1n) is 5.84. The Morgan fingerprint density at radius 2 is 1.00 bits per heavy atom. The fourth-order valence-electron chi connectivity index (χ4n) is 1.41. The summed E-state index contributed by atoms with van der Waals surface area (Å²) < 4.78 is 18.7. The molecule has 15 heavy (non-hydrogen) atoms. The summed E-state index contributed by atoms with van der Waals surface area (Å²) in [5, 5.41) is 0. The molecule has 0 saturated heterocycles. The van der Waals surface area contributed by atoms with Gasteiger partial charge in [0, 0.05) is 0 Å². The van der Waals surface area contributed by atoms with Gasteiger partial charge in [-0.05, 0) is 0 Å². The monoisotopic (exact) mass is 254 g/mol. The molecule has 0 unspecified atom stereocenters. The molecule has 0 N–H and O–H groups in total. The molecule has 0 aliphatic heterocycles. The summed E-state index contributed by atoms with van der Waals surface area (Å²) in [6, 6.07) is 0. The van der Waals surface area contributed by atoms with Crippen LogP contribution in [0.3, 0.4) is 0 Å². The summed E-state index contributed by atoms with van der Waals surface area (Å²) in [6.45, 7) is 14.3. The van der Waals surface area contributed by atoms with Crippen LogP contribution >= 0.6 is 0 Å². The van der Waals surface area contributed by atoms with E-state index in [1.54, 1.807) is 0 Å². The Kier molecular flexibility index (Phi) is 7.30. The van der Waals surface area contributed by atoms with Gasteiger partial charge in [0.1, 0.15) is 0 Å². The molecule has 92 valence electrons. The van der Waals surface area contributed by atoms with E-state index in [1.807, 2.05) is 41.5 Å². The first-order valence-corrected chi connectivity index (χ1v) is 8.86. The summed E-state index contributed by atoms with van der Waals surface area (Å²) in [7, 11) is 0. The Balaban J connectivity index is 4.59. The zero-order valence-corrected chi connectivity index (χ0v) is 12.7. The Morgan fingerprint density at radius 1 is 0.733 bits per heavy atom. The van der Waals surface area contributed by atoms with Crippen LogP contribution in [0.5, 0.6) is 0 Å². The number of rotatable bonds is 7. The van der Waals surface area contributed by atoms with Gasteiger partial charge in [-0.25, -0.2) is 0 Å². The van der Waals surface area contributed by atoms with E-state index in [4.69, 9.17) is 9.96 Å². The average Bonchev–Trinajstić information content (AvgIpc) is 1.99. The van der Waals surface area contributed by atoms with E-state index in [9.17, 15) is 0 Å². The molecule has 3 nitrogen and oxygen atoms in total. The van der Waals surface area contributed by atoms with E-state index >= 15 is 0 Å². The van der Waals surface area contributed by atoms with Crippen molar-refractivity contribution in [3.63, 3.8) is 0 Å². The fraction of sp³-hybridized carbons (Fsp3) is 1.00. The molecule has 0 aromatic rings. The first kappa shape index (κ1) is 15.6. The number of hydrogen-bond acceptors (Lipinski definition) is 3. The van der Waals surface area contributed by atoms with E-state index in [1.165, 1.54) is 0 Å². The predicted molar refractivity (Wildman–Crippen MR) is 59.1 cm³/mol. The molecule has 0 heterocycles. The topological polar surface area (TPSA) is 27.7 Å². The molecule has 0 rings (SSSR count). The van der Waals surface area contributed by atoms with Crippen molar-refractivity contribution in [2.45, 2.75) is 71.5 Å². The van der Waals surface area contributed by atoms with E-state index < -0.39 is 17.8 Å². The Morgan fingerprint density at radius 3 is 1.13 bits per heavy atom. The van der Waals surface area contributed by atoms with Gasteiger partial charge in [0.2, 0.25) is 0 Å². The van der Waals surface area contributed by atoms with Crippen molar-refractivity contribution >= 4 is 0 Å². The van der Waals surface area contributed by atoms with Gasteiger partial charge in [0.05, 0.1) is 0 Å². The second kappa shape index (κ2) is 7.02. The molecule has 0 amide bonds. The van der Waals surface area contributed by atoms with E-state index in [0.29, 0.717) is 0 Å². The summed E-state index contributed by atoms with van der Waals surface area (Å²) in [5.74, 6) is 0. The molecular formula is C11H26O3Ti. The van der Waals surface area contributed by atoms with Crippen LogP contribution in [0.1, 0.15) is 48.5 Å². The third-order valence-electron chi connectivity index (χ3n) is 1.68. The van der Waals surface area contributed by atoms with E-state index in [0.717, 1.165) is 4.73 Å². The number of hydrogen-bond donors (Lipinski definition) is 0. The molecule has 0 radical (unpaired) electrons.